The van der Waals surface area contributed by atoms with Gasteiger partial charge in [-0.05, 0) is 35.4 Å². The maximum absolute atomic E-state index is 3.20. The van der Waals surface area contributed by atoms with Gasteiger partial charge >= 0.3 is 0 Å². The van der Waals surface area contributed by atoms with Gasteiger partial charge in [0.25, 0.3) is 0 Å². The summed E-state index contributed by atoms with van der Waals surface area (Å²) in [4.78, 5) is 0. The molecule has 108 valence electrons. The largest absolute Gasteiger partial charge is 0.388 e. The van der Waals surface area contributed by atoms with Crippen molar-refractivity contribution >= 4 is 27.5 Å². The number of hydrogen-bond acceptors (Lipinski definition) is 1. The van der Waals surface area contributed by atoms with Gasteiger partial charge in [-0.1, -0.05) is 42.5 Å². The van der Waals surface area contributed by atoms with Gasteiger partial charge in [-0.25, -0.2) is 0 Å². The van der Waals surface area contributed by atoms with Crippen LogP contribution >= 0.6 is 0 Å². The third kappa shape index (κ3) is 1.88. The van der Waals surface area contributed by atoms with Crippen molar-refractivity contribution in [2.24, 2.45) is 7.05 Å². The molecule has 0 fully saturated rings. The second-order valence-corrected chi connectivity index (χ2v) is 5.64. The molecule has 1 heterocycles. The summed E-state index contributed by atoms with van der Waals surface area (Å²) in [7, 11) is 4.09. The number of anilines is 1. The summed E-state index contributed by atoms with van der Waals surface area (Å²) in [5, 5.41) is 5.83. The first-order valence-corrected chi connectivity index (χ1v) is 7.53. The predicted octanol–water partition coefficient (Wildman–Crippen LogP) is 5.04. The van der Waals surface area contributed by atoms with Gasteiger partial charge in [0.1, 0.15) is 0 Å². The first-order chi connectivity index (χ1) is 10.8. The number of fused-ring (bicyclic) bond motifs is 3. The van der Waals surface area contributed by atoms with Crippen LogP contribution in [-0.4, -0.2) is 11.6 Å². The van der Waals surface area contributed by atoms with Crippen molar-refractivity contribution < 1.29 is 0 Å². The molecule has 0 aliphatic heterocycles. The summed E-state index contributed by atoms with van der Waals surface area (Å²) in [6.07, 6.45) is 0. The SMILES string of the molecule is CNc1cccc(-c2ccc3c4ccccc4n(C)c3c2)c1. The third-order valence-corrected chi connectivity index (χ3v) is 4.40. The number of nitrogens with zero attached hydrogens (tertiary/aromatic N) is 1. The molecule has 4 rings (SSSR count). The number of nitrogens with one attached hydrogen (secondary N) is 1. The topological polar surface area (TPSA) is 17.0 Å². The Balaban J connectivity index is 1.97. The molecular weight excluding hydrogens is 268 g/mol. The molecule has 0 radical (unpaired) electrons. The van der Waals surface area contributed by atoms with Crippen LogP contribution in [0.4, 0.5) is 5.69 Å². The van der Waals surface area contributed by atoms with E-state index in [4.69, 9.17) is 0 Å². The quantitative estimate of drug-likeness (QED) is 0.546. The number of rotatable bonds is 2. The molecule has 2 nitrogen and oxygen atoms in total. The van der Waals surface area contributed by atoms with E-state index in [1.807, 2.05) is 7.05 Å². The second kappa shape index (κ2) is 4.92. The highest BCUT2D eigenvalue weighted by molar-refractivity contribution is 6.08. The van der Waals surface area contributed by atoms with Gasteiger partial charge in [-0.3, -0.25) is 0 Å². The van der Waals surface area contributed by atoms with E-state index in [-0.39, 0.29) is 0 Å². The first-order valence-electron chi connectivity index (χ1n) is 7.53. The standard InChI is InChI=1S/C20H18N2/c1-21-16-7-5-6-14(12-16)15-10-11-18-17-8-3-4-9-19(17)22(2)20(18)13-15/h3-13,21H,1-2H3. The molecule has 2 heteroatoms. The zero-order valence-corrected chi connectivity index (χ0v) is 12.8. The summed E-state index contributed by atoms with van der Waals surface area (Å²) in [6, 6.07) is 23.8. The van der Waals surface area contributed by atoms with E-state index in [1.54, 1.807) is 0 Å². The summed E-state index contributed by atoms with van der Waals surface area (Å²) in [5.41, 5.74) is 6.16. The van der Waals surface area contributed by atoms with Crippen molar-refractivity contribution in [3.63, 3.8) is 0 Å². The minimum Gasteiger partial charge on any atom is -0.388 e. The van der Waals surface area contributed by atoms with Crippen LogP contribution in [0.2, 0.25) is 0 Å². The van der Waals surface area contributed by atoms with Crippen LogP contribution in [0.5, 0.6) is 0 Å². The van der Waals surface area contributed by atoms with E-state index in [1.165, 1.54) is 32.9 Å². The summed E-state index contributed by atoms with van der Waals surface area (Å²) >= 11 is 0. The highest BCUT2D eigenvalue weighted by atomic mass is 14.9. The molecule has 0 spiro atoms. The van der Waals surface area contributed by atoms with Crippen LogP contribution in [0.15, 0.2) is 66.7 Å². The Kier molecular flexibility index (Phi) is 2.90. The Labute approximate surface area is 130 Å². The lowest BCUT2D eigenvalue weighted by Gasteiger charge is -2.06. The normalized spacial score (nSPS) is 11.2. The van der Waals surface area contributed by atoms with Gasteiger partial charge in [-0.15, -0.1) is 0 Å². The van der Waals surface area contributed by atoms with Crippen molar-refractivity contribution in [1.82, 2.24) is 4.57 Å². The Morgan fingerprint density at radius 3 is 2.36 bits per heavy atom. The van der Waals surface area contributed by atoms with Crippen LogP contribution in [0, 0.1) is 0 Å². The van der Waals surface area contributed by atoms with E-state index in [9.17, 15) is 0 Å². The Bertz CT molecular complexity index is 980. The van der Waals surface area contributed by atoms with Crippen molar-refractivity contribution in [2.45, 2.75) is 0 Å². The molecule has 3 aromatic carbocycles. The van der Waals surface area contributed by atoms with Gasteiger partial charge in [-0.2, -0.15) is 0 Å². The number of para-hydroxylation sites is 1. The molecule has 0 aliphatic carbocycles. The van der Waals surface area contributed by atoms with Crippen molar-refractivity contribution in [3.8, 4) is 11.1 Å². The minimum atomic E-state index is 1.13. The predicted molar refractivity (Wildman–Crippen MR) is 95.4 cm³/mol. The van der Waals surface area contributed by atoms with E-state index in [0.717, 1.165) is 5.69 Å². The lowest BCUT2D eigenvalue weighted by Crippen LogP contribution is -1.89. The van der Waals surface area contributed by atoms with Gasteiger partial charge < -0.3 is 9.88 Å². The fourth-order valence-corrected chi connectivity index (χ4v) is 3.19. The Morgan fingerprint density at radius 2 is 1.50 bits per heavy atom. The van der Waals surface area contributed by atoms with Crippen LogP contribution in [0.25, 0.3) is 32.9 Å². The minimum absolute atomic E-state index is 1.13. The van der Waals surface area contributed by atoms with E-state index < -0.39 is 0 Å². The highest BCUT2D eigenvalue weighted by Crippen LogP contribution is 2.32. The molecule has 1 N–H and O–H groups in total. The van der Waals surface area contributed by atoms with Crippen molar-refractivity contribution in [2.75, 3.05) is 12.4 Å². The van der Waals surface area contributed by atoms with Crippen LogP contribution in [0.3, 0.4) is 0 Å². The van der Waals surface area contributed by atoms with E-state index in [0.29, 0.717) is 0 Å². The molecule has 0 saturated heterocycles. The van der Waals surface area contributed by atoms with Crippen LogP contribution in [0.1, 0.15) is 0 Å². The van der Waals surface area contributed by atoms with E-state index in [2.05, 4.69) is 83.7 Å². The average molecular weight is 286 g/mol. The van der Waals surface area contributed by atoms with Crippen LogP contribution < -0.4 is 5.32 Å². The lowest BCUT2D eigenvalue weighted by atomic mass is 10.0. The van der Waals surface area contributed by atoms with Crippen molar-refractivity contribution in [3.05, 3.63) is 66.7 Å². The number of hydrogen-bond donors (Lipinski definition) is 1. The zero-order chi connectivity index (χ0) is 15.1. The molecule has 1 aromatic heterocycles. The molecule has 4 aromatic rings. The Hall–Kier alpha value is -2.74. The molecule has 0 unspecified atom stereocenters. The van der Waals surface area contributed by atoms with Gasteiger partial charge in [0.2, 0.25) is 0 Å². The highest BCUT2D eigenvalue weighted by Gasteiger charge is 2.09. The Morgan fingerprint density at radius 1 is 0.727 bits per heavy atom. The summed E-state index contributed by atoms with van der Waals surface area (Å²) in [6.45, 7) is 0. The summed E-state index contributed by atoms with van der Waals surface area (Å²) < 4.78 is 2.27. The fraction of sp³-hybridized carbons (Fsp3) is 0.100. The summed E-state index contributed by atoms with van der Waals surface area (Å²) in [5.74, 6) is 0. The molecule has 0 atom stereocenters. The first kappa shape index (κ1) is 13.0. The second-order valence-electron chi connectivity index (χ2n) is 5.64. The lowest BCUT2D eigenvalue weighted by molar-refractivity contribution is 1.01. The van der Waals surface area contributed by atoms with Gasteiger partial charge in [0.05, 0.1) is 0 Å². The molecule has 0 amide bonds. The molecule has 0 aliphatic rings. The molecule has 0 saturated carbocycles. The van der Waals surface area contributed by atoms with E-state index >= 15 is 0 Å². The van der Waals surface area contributed by atoms with Gasteiger partial charge in [0, 0.05) is 41.6 Å². The molecular formula is C20H18N2. The maximum Gasteiger partial charge on any atom is 0.0494 e. The molecule has 22 heavy (non-hydrogen) atoms. The van der Waals surface area contributed by atoms with Gasteiger partial charge in [0.15, 0.2) is 0 Å². The number of aryl methyl sites for hydroxylation is 1. The average Bonchev–Trinajstić information content (AvgIpc) is 2.88. The van der Waals surface area contributed by atoms with Crippen molar-refractivity contribution in [1.29, 1.82) is 0 Å². The zero-order valence-electron chi connectivity index (χ0n) is 12.8. The smallest absolute Gasteiger partial charge is 0.0494 e. The monoisotopic (exact) mass is 286 g/mol. The van der Waals surface area contributed by atoms with Crippen LogP contribution in [-0.2, 0) is 7.05 Å². The number of benzene rings is 3. The fourth-order valence-electron chi connectivity index (χ4n) is 3.19. The number of aromatic nitrogens is 1. The molecule has 0 bridgehead atoms. The maximum atomic E-state index is 3.20. The third-order valence-electron chi connectivity index (χ3n) is 4.40.